The van der Waals surface area contributed by atoms with Gasteiger partial charge in [0.15, 0.2) is 0 Å². The maximum Gasteiger partial charge on any atom is 0.270 e. The minimum Gasteiger partial charge on any atom is -0.472 e. The number of hydrogen-bond acceptors (Lipinski definition) is 6. The van der Waals surface area contributed by atoms with E-state index in [0.717, 1.165) is 25.3 Å². The van der Waals surface area contributed by atoms with Crippen molar-refractivity contribution in [3.8, 4) is 5.88 Å². The first-order chi connectivity index (χ1) is 12.7. The first-order valence-corrected chi connectivity index (χ1v) is 8.93. The van der Waals surface area contributed by atoms with Gasteiger partial charge in [0.05, 0.1) is 19.8 Å². The van der Waals surface area contributed by atoms with Gasteiger partial charge in [-0.05, 0) is 12.1 Å². The summed E-state index contributed by atoms with van der Waals surface area (Å²) in [6.07, 6.45) is 4.16. The molecular weight excluding hydrogens is 334 g/mol. The zero-order valence-electron chi connectivity index (χ0n) is 14.9. The number of ether oxygens (including phenoxy) is 2. The molecule has 2 aliphatic heterocycles. The van der Waals surface area contributed by atoms with Crippen molar-refractivity contribution in [1.82, 2.24) is 19.4 Å². The van der Waals surface area contributed by atoms with Crippen LogP contribution in [0.2, 0.25) is 0 Å². The molecule has 1 amide bonds. The van der Waals surface area contributed by atoms with Gasteiger partial charge < -0.3 is 23.8 Å². The van der Waals surface area contributed by atoms with Crippen molar-refractivity contribution in [2.75, 3.05) is 44.3 Å². The number of anilines is 1. The molecule has 1 unspecified atom stereocenters. The van der Waals surface area contributed by atoms with Gasteiger partial charge in [0.1, 0.15) is 23.9 Å². The van der Waals surface area contributed by atoms with Crippen molar-refractivity contribution < 1.29 is 14.3 Å². The molecule has 0 aromatic carbocycles. The second kappa shape index (κ2) is 7.33. The highest BCUT2D eigenvalue weighted by Crippen LogP contribution is 2.21. The van der Waals surface area contributed by atoms with Crippen LogP contribution in [0.5, 0.6) is 5.88 Å². The van der Waals surface area contributed by atoms with Gasteiger partial charge in [0.2, 0.25) is 5.88 Å². The lowest BCUT2D eigenvalue weighted by molar-refractivity contribution is 0.0762. The monoisotopic (exact) mass is 357 g/mol. The minimum atomic E-state index is -0.0494. The Bertz CT molecular complexity index is 772. The van der Waals surface area contributed by atoms with Crippen LogP contribution in [0.3, 0.4) is 0 Å². The molecule has 2 saturated heterocycles. The Labute approximate surface area is 152 Å². The van der Waals surface area contributed by atoms with Gasteiger partial charge in [-0.2, -0.15) is 0 Å². The van der Waals surface area contributed by atoms with E-state index in [-0.39, 0.29) is 12.0 Å². The van der Waals surface area contributed by atoms with Crippen LogP contribution >= 0.6 is 0 Å². The molecule has 2 aromatic heterocycles. The summed E-state index contributed by atoms with van der Waals surface area (Å²) in [6, 6.07) is 5.59. The molecule has 8 nitrogen and oxygen atoms in total. The van der Waals surface area contributed by atoms with Crippen molar-refractivity contribution in [2.45, 2.75) is 12.5 Å². The summed E-state index contributed by atoms with van der Waals surface area (Å²) in [7, 11) is 1.88. The Kier molecular flexibility index (Phi) is 4.75. The van der Waals surface area contributed by atoms with Crippen LogP contribution in [0.4, 0.5) is 5.82 Å². The summed E-state index contributed by atoms with van der Waals surface area (Å²) in [5.74, 6) is 1.45. The molecule has 0 aliphatic carbocycles. The first-order valence-electron chi connectivity index (χ1n) is 8.93. The third-order valence-corrected chi connectivity index (χ3v) is 4.85. The van der Waals surface area contributed by atoms with E-state index in [1.54, 1.807) is 0 Å². The first kappa shape index (κ1) is 16.8. The average molecular weight is 357 g/mol. The number of rotatable bonds is 4. The molecule has 26 heavy (non-hydrogen) atoms. The zero-order chi connectivity index (χ0) is 17.9. The van der Waals surface area contributed by atoms with E-state index in [4.69, 9.17) is 9.47 Å². The molecule has 138 valence electrons. The topological polar surface area (TPSA) is 72.7 Å². The van der Waals surface area contributed by atoms with Crippen molar-refractivity contribution in [2.24, 2.45) is 7.05 Å². The number of carbonyl (C=O) groups is 1. The fourth-order valence-electron chi connectivity index (χ4n) is 3.38. The molecular formula is C18H23N5O3. The van der Waals surface area contributed by atoms with Gasteiger partial charge in [0.25, 0.3) is 5.91 Å². The van der Waals surface area contributed by atoms with Gasteiger partial charge in [0, 0.05) is 45.4 Å². The molecule has 2 fully saturated rings. The van der Waals surface area contributed by atoms with Crippen LogP contribution in [-0.2, 0) is 11.8 Å². The second-order valence-corrected chi connectivity index (χ2v) is 6.60. The number of nitrogens with zero attached hydrogens (tertiary/aromatic N) is 5. The van der Waals surface area contributed by atoms with Crippen LogP contribution in [-0.4, -0.2) is 70.8 Å². The van der Waals surface area contributed by atoms with E-state index in [1.807, 2.05) is 40.9 Å². The largest absolute Gasteiger partial charge is 0.472 e. The second-order valence-electron chi connectivity index (χ2n) is 6.60. The van der Waals surface area contributed by atoms with E-state index in [1.165, 1.54) is 6.33 Å². The summed E-state index contributed by atoms with van der Waals surface area (Å²) in [5.41, 5.74) is 0.697. The lowest BCUT2D eigenvalue weighted by Gasteiger charge is -2.27. The van der Waals surface area contributed by atoms with Gasteiger partial charge in [-0.25, -0.2) is 9.97 Å². The molecule has 0 spiro atoms. The molecule has 2 aliphatic rings. The zero-order valence-corrected chi connectivity index (χ0v) is 14.9. The van der Waals surface area contributed by atoms with Crippen molar-refractivity contribution in [1.29, 1.82) is 0 Å². The van der Waals surface area contributed by atoms with Crippen LogP contribution in [0, 0.1) is 0 Å². The normalized spacial score (nSPS) is 20.4. The Morgan fingerprint density at radius 3 is 2.88 bits per heavy atom. The molecule has 4 rings (SSSR count). The van der Waals surface area contributed by atoms with E-state index in [0.29, 0.717) is 37.9 Å². The number of aromatic nitrogens is 3. The highest BCUT2D eigenvalue weighted by Gasteiger charge is 2.29. The SMILES string of the molecule is Cn1cccc1C(=O)N1CCC(Oc2cc(N3CCOCC3)ncn2)C1. The number of likely N-dealkylation sites (tertiary alicyclic amines) is 1. The lowest BCUT2D eigenvalue weighted by Crippen LogP contribution is -2.36. The van der Waals surface area contributed by atoms with Gasteiger partial charge in [-0.1, -0.05) is 0 Å². The average Bonchev–Trinajstić information content (AvgIpc) is 3.31. The lowest BCUT2D eigenvalue weighted by atomic mass is 10.3. The van der Waals surface area contributed by atoms with Crippen LogP contribution in [0.15, 0.2) is 30.7 Å². The Hall–Kier alpha value is -2.61. The molecule has 0 radical (unpaired) electrons. The van der Waals surface area contributed by atoms with Crippen molar-refractivity contribution in [3.63, 3.8) is 0 Å². The quantitative estimate of drug-likeness (QED) is 0.811. The van der Waals surface area contributed by atoms with Gasteiger partial charge >= 0.3 is 0 Å². The molecule has 1 atom stereocenters. The molecule has 4 heterocycles. The molecule has 0 bridgehead atoms. The molecule has 2 aromatic rings. The van der Waals surface area contributed by atoms with Crippen LogP contribution in [0.1, 0.15) is 16.9 Å². The summed E-state index contributed by atoms with van der Waals surface area (Å²) >= 11 is 0. The van der Waals surface area contributed by atoms with E-state index in [9.17, 15) is 4.79 Å². The van der Waals surface area contributed by atoms with Gasteiger partial charge in [-0.3, -0.25) is 4.79 Å². The summed E-state index contributed by atoms with van der Waals surface area (Å²) in [6.45, 7) is 4.31. The highest BCUT2D eigenvalue weighted by atomic mass is 16.5. The number of morpholine rings is 1. The van der Waals surface area contributed by atoms with Crippen LogP contribution in [0.25, 0.3) is 0 Å². The summed E-state index contributed by atoms with van der Waals surface area (Å²) < 4.78 is 13.2. The fraction of sp³-hybridized carbons (Fsp3) is 0.500. The smallest absolute Gasteiger partial charge is 0.270 e. The molecule has 0 N–H and O–H groups in total. The van der Waals surface area contributed by atoms with Crippen molar-refractivity contribution in [3.05, 3.63) is 36.4 Å². The maximum atomic E-state index is 12.6. The third-order valence-electron chi connectivity index (χ3n) is 4.85. The summed E-state index contributed by atoms with van der Waals surface area (Å²) in [4.78, 5) is 25.2. The standard InChI is InChI=1S/C18H23N5O3/c1-21-5-2-3-15(21)18(24)23-6-4-14(12-23)26-17-11-16(19-13-20-17)22-7-9-25-10-8-22/h2-3,5,11,13-14H,4,6-10,12H2,1H3. The fourth-order valence-corrected chi connectivity index (χ4v) is 3.38. The van der Waals surface area contributed by atoms with E-state index < -0.39 is 0 Å². The number of aryl methyl sites for hydroxylation is 1. The van der Waals surface area contributed by atoms with Crippen molar-refractivity contribution >= 4 is 11.7 Å². The third kappa shape index (κ3) is 3.50. The predicted molar refractivity (Wildman–Crippen MR) is 95.4 cm³/mol. The minimum absolute atomic E-state index is 0.0419. The number of carbonyl (C=O) groups excluding carboxylic acids is 1. The van der Waals surface area contributed by atoms with E-state index >= 15 is 0 Å². The Balaban J connectivity index is 1.38. The highest BCUT2D eigenvalue weighted by molar-refractivity contribution is 5.93. The number of hydrogen-bond donors (Lipinski definition) is 0. The Morgan fingerprint density at radius 1 is 1.27 bits per heavy atom. The summed E-state index contributed by atoms with van der Waals surface area (Å²) in [5, 5.41) is 0. The van der Waals surface area contributed by atoms with Gasteiger partial charge in [-0.15, -0.1) is 0 Å². The van der Waals surface area contributed by atoms with Crippen LogP contribution < -0.4 is 9.64 Å². The maximum absolute atomic E-state index is 12.6. The molecule has 8 heteroatoms. The Morgan fingerprint density at radius 2 is 2.12 bits per heavy atom. The number of amides is 1. The molecule has 0 saturated carbocycles. The predicted octanol–water partition coefficient (Wildman–Crippen LogP) is 0.945. The van der Waals surface area contributed by atoms with E-state index in [2.05, 4.69) is 14.9 Å².